The minimum absolute atomic E-state index is 0.0255. The highest BCUT2D eigenvalue weighted by molar-refractivity contribution is 7.87. The van der Waals surface area contributed by atoms with Crippen LogP contribution in [0.3, 0.4) is 0 Å². The molecule has 0 aromatic carbocycles. The number of nitrogens with one attached hydrogen (secondary N) is 1. The molecule has 3 N–H and O–H groups in total. The van der Waals surface area contributed by atoms with Crippen molar-refractivity contribution in [2.75, 3.05) is 0 Å². The normalized spacial score (nSPS) is 29.5. The smallest absolute Gasteiger partial charge is 0.216 e. The molecule has 1 saturated carbocycles. The van der Waals surface area contributed by atoms with Crippen LogP contribution in [0.1, 0.15) is 26.7 Å². The molecule has 1 fully saturated rings. The summed E-state index contributed by atoms with van der Waals surface area (Å²) in [5, 5.41) is 4.83. The van der Waals surface area contributed by atoms with Gasteiger partial charge in [0.25, 0.3) is 10.2 Å². The van der Waals surface area contributed by atoms with Gasteiger partial charge in [-0.2, -0.15) is 13.1 Å². The van der Waals surface area contributed by atoms with Crippen LogP contribution in [0.2, 0.25) is 0 Å². The lowest BCUT2D eigenvalue weighted by Crippen LogP contribution is -2.53. The Morgan fingerprint density at radius 2 is 2.09 bits per heavy atom. The summed E-state index contributed by atoms with van der Waals surface area (Å²) in [6.07, 6.45) is 1.95. The first-order valence-electron chi connectivity index (χ1n) is 3.61. The molecule has 0 heterocycles. The van der Waals surface area contributed by atoms with Crippen molar-refractivity contribution < 1.29 is 8.42 Å². The molecular weight excluding hydrogens is 164 g/mol. The van der Waals surface area contributed by atoms with Gasteiger partial charge < -0.3 is 0 Å². The molecule has 0 aromatic rings. The van der Waals surface area contributed by atoms with E-state index in [0.717, 1.165) is 12.8 Å². The molecule has 1 atom stereocenters. The highest BCUT2D eigenvalue weighted by Gasteiger charge is 2.39. The topological polar surface area (TPSA) is 72.2 Å². The third-order valence-electron chi connectivity index (χ3n) is 2.33. The van der Waals surface area contributed by atoms with E-state index < -0.39 is 10.2 Å². The van der Waals surface area contributed by atoms with Gasteiger partial charge in [-0.05, 0) is 18.3 Å². The van der Waals surface area contributed by atoms with Crippen molar-refractivity contribution in [1.29, 1.82) is 0 Å². The van der Waals surface area contributed by atoms with E-state index in [4.69, 9.17) is 5.14 Å². The molecule has 66 valence electrons. The molecule has 0 amide bonds. The van der Waals surface area contributed by atoms with Crippen LogP contribution in [0, 0.1) is 5.41 Å². The quantitative estimate of drug-likeness (QED) is 0.623. The minimum Gasteiger partial charge on any atom is -0.216 e. The molecule has 0 aliphatic heterocycles. The average Bonchev–Trinajstić information content (AvgIpc) is 1.79. The first kappa shape index (κ1) is 8.96. The van der Waals surface area contributed by atoms with Crippen molar-refractivity contribution in [2.45, 2.75) is 32.7 Å². The highest BCUT2D eigenvalue weighted by atomic mass is 32.2. The molecule has 1 rings (SSSR count). The van der Waals surface area contributed by atoms with Gasteiger partial charge in [-0.25, -0.2) is 5.14 Å². The van der Waals surface area contributed by atoms with Crippen LogP contribution < -0.4 is 9.86 Å². The lowest BCUT2D eigenvalue weighted by atomic mass is 9.68. The second kappa shape index (κ2) is 2.43. The summed E-state index contributed by atoms with van der Waals surface area (Å²) in [4.78, 5) is 0. The van der Waals surface area contributed by atoms with E-state index in [1.165, 1.54) is 0 Å². The summed E-state index contributed by atoms with van der Waals surface area (Å²) in [5.41, 5.74) is 0.0758. The predicted molar refractivity (Wildman–Crippen MR) is 43.0 cm³/mol. The fourth-order valence-corrected chi connectivity index (χ4v) is 2.12. The van der Waals surface area contributed by atoms with Crippen molar-refractivity contribution in [3.8, 4) is 0 Å². The van der Waals surface area contributed by atoms with Crippen molar-refractivity contribution in [3.05, 3.63) is 0 Å². The second-order valence-corrected chi connectivity index (χ2v) is 5.07. The van der Waals surface area contributed by atoms with Crippen LogP contribution >= 0.6 is 0 Å². The molecule has 1 aliphatic rings. The number of hydrogen-bond donors (Lipinski definition) is 2. The Hall–Kier alpha value is -0.130. The third kappa shape index (κ3) is 2.15. The van der Waals surface area contributed by atoms with Gasteiger partial charge in [-0.3, -0.25) is 0 Å². The number of rotatable bonds is 2. The first-order chi connectivity index (χ1) is 4.81. The fourth-order valence-electron chi connectivity index (χ4n) is 1.28. The number of nitrogens with two attached hydrogens (primary N) is 1. The van der Waals surface area contributed by atoms with Gasteiger partial charge in [0.1, 0.15) is 0 Å². The maximum absolute atomic E-state index is 10.6. The summed E-state index contributed by atoms with van der Waals surface area (Å²) in [5.74, 6) is 0. The largest absolute Gasteiger partial charge is 0.274 e. The Labute approximate surface area is 67.3 Å². The van der Waals surface area contributed by atoms with Crippen molar-refractivity contribution in [3.63, 3.8) is 0 Å². The van der Waals surface area contributed by atoms with Crippen LogP contribution in [0.25, 0.3) is 0 Å². The zero-order valence-corrected chi connectivity index (χ0v) is 7.61. The van der Waals surface area contributed by atoms with Gasteiger partial charge in [0.15, 0.2) is 0 Å². The van der Waals surface area contributed by atoms with Crippen LogP contribution in [0.5, 0.6) is 0 Å². The molecule has 0 aromatic heterocycles. The second-order valence-electron chi connectivity index (χ2n) is 3.74. The van der Waals surface area contributed by atoms with Gasteiger partial charge in [-0.1, -0.05) is 13.8 Å². The van der Waals surface area contributed by atoms with Gasteiger partial charge >= 0.3 is 0 Å². The fraction of sp³-hybridized carbons (Fsp3) is 1.00. The van der Waals surface area contributed by atoms with Gasteiger partial charge in [0, 0.05) is 6.04 Å². The van der Waals surface area contributed by atoms with E-state index in [1.807, 2.05) is 13.8 Å². The molecule has 0 spiro atoms. The van der Waals surface area contributed by atoms with Crippen LogP contribution in [0.15, 0.2) is 0 Å². The molecular formula is C6H14N2O2S. The lowest BCUT2D eigenvalue weighted by molar-refractivity contribution is 0.129. The Bertz CT molecular complexity index is 245. The highest BCUT2D eigenvalue weighted by Crippen LogP contribution is 2.39. The zero-order valence-electron chi connectivity index (χ0n) is 6.79. The van der Waals surface area contributed by atoms with E-state index in [-0.39, 0.29) is 11.5 Å². The van der Waals surface area contributed by atoms with Crippen LogP contribution in [0.4, 0.5) is 0 Å². The van der Waals surface area contributed by atoms with E-state index >= 15 is 0 Å². The zero-order chi connectivity index (χ0) is 8.70. The standard InChI is InChI=1S/C6H14N2O2S/c1-6(2)4-3-5(6)8-11(7,9)10/h5,8H,3-4H2,1-2H3,(H2,7,9,10). The molecule has 0 bridgehead atoms. The molecule has 11 heavy (non-hydrogen) atoms. The summed E-state index contributed by atoms with van der Waals surface area (Å²) in [6.45, 7) is 4.05. The molecule has 0 radical (unpaired) electrons. The van der Waals surface area contributed by atoms with E-state index in [2.05, 4.69) is 4.72 Å². The van der Waals surface area contributed by atoms with Crippen LogP contribution in [-0.4, -0.2) is 14.5 Å². The molecule has 4 nitrogen and oxygen atoms in total. The van der Waals surface area contributed by atoms with Crippen molar-refractivity contribution in [1.82, 2.24) is 4.72 Å². The molecule has 5 heteroatoms. The maximum atomic E-state index is 10.6. The van der Waals surface area contributed by atoms with E-state index in [1.54, 1.807) is 0 Å². The molecule has 1 unspecified atom stereocenters. The summed E-state index contributed by atoms with van der Waals surface area (Å²) in [6, 6.07) is 0.0255. The monoisotopic (exact) mass is 178 g/mol. The first-order valence-corrected chi connectivity index (χ1v) is 5.16. The lowest BCUT2D eigenvalue weighted by Gasteiger charge is -2.44. The van der Waals surface area contributed by atoms with Gasteiger partial charge in [-0.15, -0.1) is 0 Å². The SMILES string of the molecule is CC1(C)CCC1NS(N)(=O)=O. The Kier molecular flexibility index (Phi) is 1.98. The summed E-state index contributed by atoms with van der Waals surface area (Å²) < 4.78 is 23.6. The molecule has 0 saturated heterocycles. The predicted octanol–water partition coefficient (Wildman–Crippen LogP) is -0.0319. The van der Waals surface area contributed by atoms with Gasteiger partial charge in [0.2, 0.25) is 0 Å². The Morgan fingerprint density at radius 3 is 2.18 bits per heavy atom. The average molecular weight is 178 g/mol. The summed E-state index contributed by atoms with van der Waals surface area (Å²) in [7, 11) is -3.51. The van der Waals surface area contributed by atoms with Gasteiger partial charge in [0.05, 0.1) is 0 Å². The van der Waals surface area contributed by atoms with Crippen molar-refractivity contribution in [2.24, 2.45) is 10.6 Å². The third-order valence-corrected chi connectivity index (χ3v) is 2.94. The van der Waals surface area contributed by atoms with E-state index in [0.29, 0.717) is 0 Å². The molecule has 1 aliphatic carbocycles. The Morgan fingerprint density at radius 1 is 1.55 bits per heavy atom. The van der Waals surface area contributed by atoms with Crippen LogP contribution in [-0.2, 0) is 10.2 Å². The maximum Gasteiger partial charge on any atom is 0.274 e. The van der Waals surface area contributed by atoms with E-state index in [9.17, 15) is 8.42 Å². The Balaban J connectivity index is 2.53. The number of hydrogen-bond acceptors (Lipinski definition) is 2. The minimum atomic E-state index is -3.51. The van der Waals surface area contributed by atoms with Crippen molar-refractivity contribution >= 4 is 10.2 Å². The summed E-state index contributed by atoms with van der Waals surface area (Å²) >= 11 is 0.